The number of ether oxygens (including phenoxy) is 2. The Bertz CT molecular complexity index is 748. The van der Waals surface area contributed by atoms with Crippen LogP contribution < -0.4 is 5.32 Å². The van der Waals surface area contributed by atoms with Crippen LogP contribution >= 0.6 is 0 Å². The number of rotatable bonds is 18. The Morgan fingerprint density at radius 3 is 1.71 bits per heavy atom. The molecule has 35 heavy (non-hydrogen) atoms. The number of nitrogens with one attached hydrogen (secondary N) is 1. The predicted octanol–water partition coefficient (Wildman–Crippen LogP) is 6.15. The fourth-order valence-electron chi connectivity index (χ4n) is 2.88. The van der Waals surface area contributed by atoms with Gasteiger partial charge in [-0.3, -0.25) is 9.59 Å². The molecule has 6 nitrogen and oxygen atoms in total. The van der Waals surface area contributed by atoms with Crippen molar-refractivity contribution in [1.82, 2.24) is 5.32 Å². The first-order valence-corrected chi connectivity index (χ1v) is 12.7. The minimum atomic E-state index is -0.783. The van der Waals surface area contributed by atoms with Gasteiger partial charge in [-0.25, -0.2) is 4.79 Å². The van der Waals surface area contributed by atoms with E-state index in [-0.39, 0.29) is 5.91 Å². The number of hydrogen-bond donors (Lipinski definition) is 1. The molecule has 0 saturated carbocycles. The predicted molar refractivity (Wildman–Crippen MR) is 143 cm³/mol. The summed E-state index contributed by atoms with van der Waals surface area (Å²) >= 11 is 0. The van der Waals surface area contributed by atoms with Crippen LogP contribution in [0.15, 0.2) is 60.8 Å². The summed E-state index contributed by atoms with van der Waals surface area (Å²) in [6, 6.07) is -0.783. The van der Waals surface area contributed by atoms with Gasteiger partial charge in [0.15, 0.2) is 0 Å². The number of allylic oxidation sites excluding steroid dienone is 10. The van der Waals surface area contributed by atoms with Gasteiger partial charge in [-0.2, -0.15) is 0 Å². The van der Waals surface area contributed by atoms with E-state index in [4.69, 9.17) is 4.74 Å². The zero-order valence-electron chi connectivity index (χ0n) is 22.2. The highest BCUT2D eigenvalue weighted by molar-refractivity contribution is 5.84. The van der Waals surface area contributed by atoms with Gasteiger partial charge in [0.25, 0.3) is 0 Å². The van der Waals surface area contributed by atoms with Crippen LogP contribution in [0.3, 0.4) is 0 Å². The Kier molecular flexibility index (Phi) is 19.8. The first-order valence-electron chi connectivity index (χ1n) is 12.7. The van der Waals surface area contributed by atoms with Gasteiger partial charge in [0, 0.05) is 6.42 Å². The van der Waals surface area contributed by atoms with Crippen molar-refractivity contribution in [1.29, 1.82) is 0 Å². The highest BCUT2D eigenvalue weighted by Crippen LogP contribution is 2.10. The van der Waals surface area contributed by atoms with Crippen LogP contribution in [0, 0.1) is 5.92 Å². The molecule has 3 atom stereocenters. The smallest absolute Gasteiger partial charge is 0.328 e. The largest absolute Gasteiger partial charge is 0.469 e. The molecule has 0 fully saturated rings. The normalized spacial score (nSPS) is 14.8. The van der Waals surface area contributed by atoms with Crippen LogP contribution in [0.5, 0.6) is 0 Å². The number of carbonyl (C=O) groups excluding carboxylic acids is 3. The summed E-state index contributed by atoms with van der Waals surface area (Å²) < 4.78 is 9.90. The third-order valence-electron chi connectivity index (χ3n) is 5.23. The summed E-state index contributed by atoms with van der Waals surface area (Å²) in [7, 11) is 1.29. The third-order valence-corrected chi connectivity index (χ3v) is 5.23. The molecule has 0 aromatic rings. The summed E-state index contributed by atoms with van der Waals surface area (Å²) in [6.07, 6.45) is 27.7. The number of carbonyl (C=O) groups is 3. The van der Waals surface area contributed by atoms with Gasteiger partial charge in [-0.15, -0.1) is 0 Å². The minimum absolute atomic E-state index is 0.220. The molecular formula is C29H45NO5. The molecule has 0 aromatic carbocycles. The van der Waals surface area contributed by atoms with Crippen molar-refractivity contribution in [3.63, 3.8) is 0 Å². The molecule has 0 unspecified atom stereocenters. The number of unbranched alkanes of at least 4 members (excludes halogenated alkanes) is 1. The van der Waals surface area contributed by atoms with E-state index >= 15 is 0 Å². The van der Waals surface area contributed by atoms with E-state index in [0.29, 0.717) is 12.8 Å². The summed E-state index contributed by atoms with van der Waals surface area (Å²) in [6.45, 7) is 6.95. The van der Waals surface area contributed by atoms with Gasteiger partial charge in [0.05, 0.1) is 13.0 Å². The Morgan fingerprint density at radius 2 is 1.20 bits per heavy atom. The molecule has 1 amide bonds. The summed E-state index contributed by atoms with van der Waals surface area (Å²) in [5.41, 5.74) is 0. The maximum Gasteiger partial charge on any atom is 0.328 e. The quantitative estimate of drug-likeness (QED) is 0.142. The van der Waals surface area contributed by atoms with E-state index in [1.165, 1.54) is 7.11 Å². The molecule has 0 heterocycles. The first kappa shape index (κ1) is 32.1. The topological polar surface area (TPSA) is 81.7 Å². The van der Waals surface area contributed by atoms with Crippen LogP contribution in [-0.2, 0) is 23.9 Å². The maximum absolute atomic E-state index is 12.1. The Labute approximate surface area is 212 Å². The molecule has 0 rings (SSSR count). The molecule has 1 N–H and O–H groups in total. The van der Waals surface area contributed by atoms with E-state index in [1.807, 2.05) is 12.2 Å². The Balaban J connectivity index is 3.92. The molecule has 6 heteroatoms. The standard InChI is InChI=1S/C29H45NO5/c1-6-7-8-9-10-11-12-13-14-15-16-17-18-19-20-21-22-23-27(31)30-25(3)29(33)35-26(4)24(2)28(32)34-5/h7-8,10-11,13-14,17-18,20-21,24-26H,6,9,12,15-16,19,22-23H2,1-5H3,(H,30,31)/b8-7-,11-10-,14-13-,18-17-,21-20-/t24-,25-,26+/m0/s1. The molecule has 0 aliphatic rings. The zero-order chi connectivity index (χ0) is 26.3. The maximum atomic E-state index is 12.1. The molecule has 0 aliphatic carbocycles. The van der Waals surface area contributed by atoms with Crippen molar-refractivity contribution in [2.24, 2.45) is 5.92 Å². The highest BCUT2D eigenvalue weighted by atomic mass is 16.6. The van der Waals surface area contributed by atoms with Gasteiger partial charge < -0.3 is 14.8 Å². The lowest BCUT2D eigenvalue weighted by atomic mass is 10.1. The van der Waals surface area contributed by atoms with E-state index in [1.54, 1.807) is 20.8 Å². The molecule has 196 valence electrons. The van der Waals surface area contributed by atoms with E-state index in [9.17, 15) is 14.4 Å². The SMILES string of the molecule is CC/C=C\C/C=C\C/C=C\CC/C=C\C/C=C\CCC(=O)N[C@@H](C)C(=O)O[C@H](C)[C@H](C)C(=O)OC. The van der Waals surface area contributed by atoms with Crippen molar-refractivity contribution in [2.45, 2.75) is 91.2 Å². The Hall–Kier alpha value is -2.89. The van der Waals surface area contributed by atoms with Crippen molar-refractivity contribution < 1.29 is 23.9 Å². The summed E-state index contributed by atoms with van der Waals surface area (Å²) in [5.74, 6) is -1.82. The van der Waals surface area contributed by atoms with Gasteiger partial charge in [-0.1, -0.05) is 67.7 Å². The van der Waals surface area contributed by atoms with E-state index in [2.05, 4.69) is 65.6 Å². The lowest BCUT2D eigenvalue weighted by Crippen LogP contribution is -2.41. The van der Waals surface area contributed by atoms with Gasteiger partial charge in [0.2, 0.25) is 5.91 Å². The van der Waals surface area contributed by atoms with Gasteiger partial charge >= 0.3 is 11.9 Å². The molecule has 0 radical (unpaired) electrons. The zero-order valence-corrected chi connectivity index (χ0v) is 22.2. The number of hydrogen-bond acceptors (Lipinski definition) is 5. The fourth-order valence-corrected chi connectivity index (χ4v) is 2.88. The van der Waals surface area contributed by atoms with Crippen LogP contribution in [0.25, 0.3) is 0 Å². The number of esters is 2. The average Bonchev–Trinajstić information content (AvgIpc) is 2.84. The average molecular weight is 488 g/mol. The summed E-state index contributed by atoms with van der Waals surface area (Å²) in [5, 5.41) is 2.63. The second-order valence-corrected chi connectivity index (χ2v) is 8.33. The number of methoxy groups -OCH3 is 1. The van der Waals surface area contributed by atoms with Crippen molar-refractivity contribution in [2.75, 3.05) is 7.11 Å². The van der Waals surface area contributed by atoms with E-state index in [0.717, 1.165) is 38.5 Å². The molecule has 0 bridgehead atoms. The summed E-state index contributed by atoms with van der Waals surface area (Å²) in [4.78, 5) is 35.7. The van der Waals surface area contributed by atoms with Crippen molar-refractivity contribution >= 4 is 17.8 Å². The fraction of sp³-hybridized carbons (Fsp3) is 0.552. The highest BCUT2D eigenvalue weighted by Gasteiger charge is 2.26. The van der Waals surface area contributed by atoms with Crippen molar-refractivity contribution in [3.05, 3.63) is 60.8 Å². The second kappa shape index (κ2) is 21.6. The van der Waals surface area contributed by atoms with Crippen LogP contribution in [0.1, 0.15) is 79.1 Å². The molecule has 0 spiro atoms. The lowest BCUT2D eigenvalue weighted by molar-refractivity contribution is -0.160. The lowest BCUT2D eigenvalue weighted by Gasteiger charge is -2.21. The first-order chi connectivity index (χ1) is 16.8. The van der Waals surface area contributed by atoms with Crippen LogP contribution in [-0.4, -0.2) is 37.1 Å². The van der Waals surface area contributed by atoms with Crippen LogP contribution in [0.4, 0.5) is 0 Å². The number of amides is 1. The minimum Gasteiger partial charge on any atom is -0.469 e. The van der Waals surface area contributed by atoms with Crippen LogP contribution in [0.2, 0.25) is 0 Å². The third kappa shape index (κ3) is 18.2. The van der Waals surface area contributed by atoms with Gasteiger partial charge in [-0.05, 0) is 65.7 Å². The molecule has 0 saturated heterocycles. The monoisotopic (exact) mass is 487 g/mol. The molecule has 0 aromatic heterocycles. The molecular weight excluding hydrogens is 442 g/mol. The van der Waals surface area contributed by atoms with E-state index < -0.39 is 30.0 Å². The second-order valence-electron chi connectivity index (χ2n) is 8.33. The molecule has 0 aliphatic heterocycles. The Morgan fingerprint density at radius 1 is 0.714 bits per heavy atom. The van der Waals surface area contributed by atoms with Gasteiger partial charge in [0.1, 0.15) is 12.1 Å². The van der Waals surface area contributed by atoms with Crippen molar-refractivity contribution in [3.8, 4) is 0 Å².